The number of hydrogen-bond acceptors (Lipinski definition) is 5. The van der Waals surface area contributed by atoms with Gasteiger partial charge >= 0.3 is 0 Å². The molecule has 6 rings (SSSR count). The van der Waals surface area contributed by atoms with Crippen LogP contribution in [0.3, 0.4) is 0 Å². The zero-order valence-corrected chi connectivity index (χ0v) is 24.3. The van der Waals surface area contributed by atoms with Crippen LogP contribution in [0.5, 0.6) is 0 Å². The first-order valence-electron chi connectivity index (χ1n) is 16.2. The summed E-state index contributed by atoms with van der Waals surface area (Å²) in [6.07, 6.45) is 19.5. The number of H-pyrrole nitrogens is 1. The maximum absolute atomic E-state index is 4.51. The van der Waals surface area contributed by atoms with E-state index in [0.29, 0.717) is 5.41 Å². The molecule has 0 atom stereocenters. The number of hydrogen-bond donors (Lipinski definition) is 1. The molecule has 1 spiro atoms. The van der Waals surface area contributed by atoms with Crippen molar-refractivity contribution in [1.29, 1.82) is 0 Å². The Bertz CT molecular complexity index is 968. The molecule has 39 heavy (non-hydrogen) atoms. The van der Waals surface area contributed by atoms with Crippen molar-refractivity contribution in [1.82, 2.24) is 29.6 Å². The van der Waals surface area contributed by atoms with Crippen molar-refractivity contribution < 1.29 is 0 Å². The van der Waals surface area contributed by atoms with Crippen LogP contribution in [0.1, 0.15) is 87.6 Å². The Balaban J connectivity index is 0.984. The number of aromatic amines is 1. The molecular weight excluding hydrogens is 480 g/mol. The van der Waals surface area contributed by atoms with Crippen molar-refractivity contribution in [2.45, 2.75) is 96.3 Å². The Kier molecular flexibility index (Phi) is 9.35. The molecule has 1 aliphatic carbocycles. The summed E-state index contributed by atoms with van der Waals surface area (Å²) in [5.74, 6) is 1.07. The third kappa shape index (κ3) is 7.52. The third-order valence-corrected chi connectivity index (χ3v) is 10.4. The van der Waals surface area contributed by atoms with Crippen molar-refractivity contribution in [3.63, 3.8) is 0 Å². The number of aromatic nitrogens is 2. The smallest absolute Gasteiger partial charge is 0.120 e. The molecule has 214 valence electrons. The molecule has 3 saturated heterocycles. The van der Waals surface area contributed by atoms with Crippen LogP contribution in [0.15, 0.2) is 36.7 Å². The van der Waals surface area contributed by atoms with E-state index >= 15 is 0 Å². The lowest BCUT2D eigenvalue weighted by atomic mass is 9.77. The average Bonchev–Trinajstić information content (AvgIpc) is 3.64. The molecule has 1 aromatic carbocycles. The summed E-state index contributed by atoms with van der Waals surface area (Å²) in [6.45, 7) is 13.0. The Labute approximate surface area is 237 Å². The largest absolute Gasteiger partial charge is 0.348 e. The first-order valence-corrected chi connectivity index (χ1v) is 16.2. The highest BCUT2D eigenvalue weighted by molar-refractivity contribution is 5.23. The number of benzene rings is 1. The fourth-order valence-electron chi connectivity index (χ4n) is 7.92. The van der Waals surface area contributed by atoms with Gasteiger partial charge in [-0.15, -0.1) is 0 Å². The predicted octanol–water partition coefficient (Wildman–Crippen LogP) is 5.52. The molecule has 6 heteroatoms. The highest BCUT2D eigenvalue weighted by Gasteiger charge is 2.41. The standard InChI is InChI=1S/C33H52N6/c1-3-7-31(8-4-1)39-21-14-33(15-22-39)13-20-38(28-33)26-30-11-9-29(10-12-30)25-37(27-32-34-16-17-35-32)24-23-36-18-5-2-6-19-36/h9-12,16-17,31H,1-8,13-15,18-28H2,(H,34,35). The second-order valence-corrected chi connectivity index (χ2v) is 13.3. The van der Waals surface area contributed by atoms with Gasteiger partial charge in [-0.25, -0.2) is 4.98 Å². The highest BCUT2D eigenvalue weighted by atomic mass is 15.2. The molecule has 0 unspecified atom stereocenters. The van der Waals surface area contributed by atoms with Gasteiger partial charge in [0.05, 0.1) is 6.54 Å². The van der Waals surface area contributed by atoms with Gasteiger partial charge in [0.1, 0.15) is 5.82 Å². The SMILES string of the molecule is c1c[nH]c(CN(CCN2CCCCC2)Cc2ccc(CN3CCC4(CCN(C5CCCCC5)CC4)C3)cc2)n1. The summed E-state index contributed by atoms with van der Waals surface area (Å²) in [5.41, 5.74) is 3.48. The maximum Gasteiger partial charge on any atom is 0.120 e. The number of likely N-dealkylation sites (tertiary alicyclic amines) is 3. The molecule has 4 fully saturated rings. The van der Waals surface area contributed by atoms with Gasteiger partial charge in [0.15, 0.2) is 0 Å². The summed E-state index contributed by atoms with van der Waals surface area (Å²) >= 11 is 0. The highest BCUT2D eigenvalue weighted by Crippen LogP contribution is 2.42. The Hall–Kier alpha value is -1.73. The minimum Gasteiger partial charge on any atom is -0.348 e. The van der Waals surface area contributed by atoms with E-state index in [-0.39, 0.29) is 0 Å². The molecule has 4 aliphatic rings. The molecule has 0 amide bonds. The van der Waals surface area contributed by atoms with E-state index in [1.165, 1.54) is 121 Å². The molecule has 0 bridgehead atoms. The monoisotopic (exact) mass is 532 g/mol. The second-order valence-electron chi connectivity index (χ2n) is 13.3. The van der Waals surface area contributed by atoms with Gasteiger partial charge in [-0.2, -0.15) is 0 Å². The summed E-state index contributed by atoms with van der Waals surface area (Å²) in [5, 5.41) is 0. The van der Waals surface area contributed by atoms with E-state index < -0.39 is 0 Å². The van der Waals surface area contributed by atoms with Crippen molar-refractivity contribution >= 4 is 0 Å². The quantitative estimate of drug-likeness (QED) is 0.437. The van der Waals surface area contributed by atoms with Gasteiger partial charge in [-0.05, 0) is 94.2 Å². The van der Waals surface area contributed by atoms with Crippen molar-refractivity contribution in [2.24, 2.45) is 5.41 Å². The number of imidazole rings is 1. The zero-order chi connectivity index (χ0) is 26.3. The average molecular weight is 533 g/mol. The van der Waals surface area contributed by atoms with Gasteiger partial charge in [0.25, 0.3) is 0 Å². The molecule has 0 radical (unpaired) electrons. The fraction of sp³-hybridized carbons (Fsp3) is 0.727. The first kappa shape index (κ1) is 27.4. The maximum atomic E-state index is 4.51. The molecule has 2 aromatic rings. The molecule has 4 heterocycles. The Morgan fingerprint density at radius 3 is 2.26 bits per heavy atom. The van der Waals surface area contributed by atoms with Crippen LogP contribution in [0, 0.1) is 5.41 Å². The van der Waals surface area contributed by atoms with E-state index in [1.54, 1.807) is 0 Å². The summed E-state index contributed by atoms with van der Waals surface area (Å²) in [6, 6.07) is 10.4. The number of nitrogens with one attached hydrogen (secondary N) is 1. The minimum absolute atomic E-state index is 0.589. The summed E-state index contributed by atoms with van der Waals surface area (Å²) in [7, 11) is 0. The van der Waals surface area contributed by atoms with Crippen LogP contribution >= 0.6 is 0 Å². The molecule has 6 nitrogen and oxygen atoms in total. The number of rotatable bonds is 10. The second kappa shape index (κ2) is 13.3. The zero-order valence-electron chi connectivity index (χ0n) is 24.3. The molecule has 1 aromatic heterocycles. The van der Waals surface area contributed by atoms with Gasteiger partial charge in [-0.1, -0.05) is 49.9 Å². The van der Waals surface area contributed by atoms with Crippen molar-refractivity contribution in [3.8, 4) is 0 Å². The van der Waals surface area contributed by atoms with Crippen LogP contribution in [0.2, 0.25) is 0 Å². The van der Waals surface area contributed by atoms with E-state index in [2.05, 4.69) is 53.8 Å². The van der Waals surface area contributed by atoms with Crippen LogP contribution in [-0.2, 0) is 19.6 Å². The Morgan fingerprint density at radius 1 is 0.795 bits per heavy atom. The molecule has 1 N–H and O–H groups in total. The topological polar surface area (TPSA) is 41.6 Å². The van der Waals surface area contributed by atoms with Crippen LogP contribution in [-0.4, -0.2) is 88.0 Å². The normalized spacial score (nSPS) is 23.7. The minimum atomic E-state index is 0.589. The van der Waals surface area contributed by atoms with Gasteiger partial charge in [0, 0.05) is 51.2 Å². The molecular formula is C33H52N6. The van der Waals surface area contributed by atoms with E-state index in [0.717, 1.165) is 44.6 Å². The fourth-order valence-corrected chi connectivity index (χ4v) is 7.92. The van der Waals surface area contributed by atoms with Crippen LogP contribution in [0.4, 0.5) is 0 Å². The molecule has 1 saturated carbocycles. The van der Waals surface area contributed by atoms with Crippen molar-refractivity contribution in [2.75, 3.05) is 52.4 Å². The van der Waals surface area contributed by atoms with E-state index in [1.807, 2.05) is 12.4 Å². The third-order valence-electron chi connectivity index (χ3n) is 10.4. The summed E-state index contributed by atoms with van der Waals surface area (Å²) < 4.78 is 0. The van der Waals surface area contributed by atoms with Gasteiger partial charge in [0.2, 0.25) is 0 Å². The first-order chi connectivity index (χ1) is 19.2. The van der Waals surface area contributed by atoms with Crippen molar-refractivity contribution in [3.05, 3.63) is 53.6 Å². The lowest BCUT2D eigenvalue weighted by molar-refractivity contribution is 0.0615. The molecule has 3 aliphatic heterocycles. The van der Waals surface area contributed by atoms with Crippen LogP contribution in [0.25, 0.3) is 0 Å². The number of piperidine rings is 2. The number of nitrogens with zero attached hydrogens (tertiary/aromatic N) is 5. The van der Waals surface area contributed by atoms with E-state index in [4.69, 9.17) is 0 Å². The van der Waals surface area contributed by atoms with Crippen LogP contribution < -0.4 is 0 Å². The Morgan fingerprint density at radius 2 is 1.51 bits per heavy atom. The predicted molar refractivity (Wildman–Crippen MR) is 159 cm³/mol. The lowest BCUT2D eigenvalue weighted by Crippen LogP contribution is -2.46. The van der Waals surface area contributed by atoms with Gasteiger partial charge < -0.3 is 14.8 Å². The lowest BCUT2D eigenvalue weighted by Gasteiger charge is -2.43. The van der Waals surface area contributed by atoms with E-state index in [9.17, 15) is 0 Å². The summed E-state index contributed by atoms with van der Waals surface area (Å²) in [4.78, 5) is 18.6. The van der Waals surface area contributed by atoms with Gasteiger partial charge in [-0.3, -0.25) is 9.80 Å².